The molecule has 4 rings (SSSR count). The fraction of sp³-hybridized carbons (Fsp3) is 0.700. The van der Waals surface area contributed by atoms with Crippen LogP contribution in [0.4, 0.5) is 0 Å². The summed E-state index contributed by atoms with van der Waals surface area (Å²) in [5.41, 5.74) is 0.937. The highest BCUT2D eigenvalue weighted by Gasteiger charge is 2.59. The molecule has 0 bridgehead atoms. The van der Waals surface area contributed by atoms with Crippen molar-refractivity contribution in [2.24, 2.45) is 28.6 Å². The molecule has 2 nitrogen and oxygen atoms in total. The molecule has 0 aromatic heterocycles. The van der Waals surface area contributed by atoms with Crippen LogP contribution in [0.15, 0.2) is 11.6 Å². The Morgan fingerprint density at radius 3 is 2.68 bits per heavy atom. The summed E-state index contributed by atoms with van der Waals surface area (Å²) < 4.78 is 0. The topological polar surface area (TPSA) is 34.1 Å². The second-order valence-corrected chi connectivity index (χ2v) is 8.09. The monoisotopic (exact) mass is 296 g/mol. The minimum atomic E-state index is -0.191. The highest BCUT2D eigenvalue weighted by Crippen LogP contribution is 2.64. The average Bonchev–Trinajstić information content (AvgIpc) is 2.82. The van der Waals surface area contributed by atoms with Crippen LogP contribution < -0.4 is 0 Å². The molecule has 5 unspecified atom stereocenters. The Kier molecular flexibility index (Phi) is 2.96. The standard InChI is InChI=1S/C20H24O2/c1-3-20-11-8-14(21)12-13(20)4-5-15-16-6-7-18(22)19(16,2)10-9-17(15)20/h1,12,15-17H,4-11H2,2H3. The zero-order valence-electron chi connectivity index (χ0n) is 13.4. The van der Waals surface area contributed by atoms with Gasteiger partial charge in [-0.25, -0.2) is 0 Å². The smallest absolute Gasteiger partial charge is 0.155 e. The van der Waals surface area contributed by atoms with Gasteiger partial charge in [-0.05, 0) is 67.9 Å². The lowest BCUT2D eigenvalue weighted by Gasteiger charge is -2.56. The number of rotatable bonds is 0. The van der Waals surface area contributed by atoms with Gasteiger partial charge in [0.2, 0.25) is 0 Å². The van der Waals surface area contributed by atoms with E-state index in [2.05, 4.69) is 12.8 Å². The largest absolute Gasteiger partial charge is 0.299 e. The molecular formula is C20H24O2. The van der Waals surface area contributed by atoms with E-state index in [-0.39, 0.29) is 16.6 Å². The first-order valence-electron chi connectivity index (χ1n) is 8.76. The van der Waals surface area contributed by atoms with E-state index in [4.69, 9.17) is 6.42 Å². The van der Waals surface area contributed by atoms with Crippen LogP contribution in [0.3, 0.4) is 0 Å². The summed E-state index contributed by atoms with van der Waals surface area (Å²) >= 11 is 0. The third kappa shape index (κ3) is 1.63. The van der Waals surface area contributed by atoms with Gasteiger partial charge in [0.25, 0.3) is 0 Å². The first-order valence-corrected chi connectivity index (χ1v) is 8.76. The predicted octanol–water partition coefficient (Wildman–Crippen LogP) is 3.70. The van der Waals surface area contributed by atoms with E-state index in [1.807, 2.05) is 6.08 Å². The van der Waals surface area contributed by atoms with Crippen LogP contribution in [0.2, 0.25) is 0 Å². The zero-order chi connectivity index (χ0) is 15.5. The summed E-state index contributed by atoms with van der Waals surface area (Å²) in [5, 5.41) is 0. The fourth-order valence-corrected chi connectivity index (χ4v) is 6.26. The highest BCUT2D eigenvalue weighted by atomic mass is 16.1. The highest BCUT2D eigenvalue weighted by molar-refractivity contribution is 5.92. The second-order valence-electron chi connectivity index (χ2n) is 8.09. The van der Waals surface area contributed by atoms with Crippen molar-refractivity contribution in [1.82, 2.24) is 0 Å². The lowest BCUT2D eigenvalue weighted by atomic mass is 9.47. The number of Topliss-reactive ketones (excluding diaryl/α,β-unsaturated/α-hetero) is 1. The number of hydrogen-bond donors (Lipinski definition) is 0. The molecule has 0 saturated heterocycles. The van der Waals surface area contributed by atoms with E-state index in [9.17, 15) is 9.59 Å². The van der Waals surface area contributed by atoms with E-state index < -0.39 is 0 Å². The maximum atomic E-state index is 12.4. The molecule has 0 aromatic carbocycles. The summed E-state index contributed by atoms with van der Waals surface area (Å²) in [4.78, 5) is 24.2. The third-order valence-electron chi connectivity index (χ3n) is 7.46. The number of allylic oxidation sites excluding steroid dienone is 1. The van der Waals surface area contributed by atoms with E-state index in [0.29, 0.717) is 30.0 Å². The molecule has 0 aliphatic heterocycles. The molecule has 0 amide bonds. The Balaban J connectivity index is 1.75. The molecule has 0 radical (unpaired) electrons. The van der Waals surface area contributed by atoms with Crippen LogP contribution >= 0.6 is 0 Å². The van der Waals surface area contributed by atoms with Crippen LogP contribution in [0, 0.1) is 40.9 Å². The lowest BCUT2D eigenvalue weighted by molar-refractivity contribution is -0.131. The van der Waals surface area contributed by atoms with Crippen LogP contribution in [0.25, 0.3) is 0 Å². The van der Waals surface area contributed by atoms with Crippen LogP contribution in [0.1, 0.15) is 58.3 Å². The van der Waals surface area contributed by atoms with E-state index in [1.54, 1.807) is 0 Å². The van der Waals surface area contributed by atoms with Crippen molar-refractivity contribution < 1.29 is 9.59 Å². The molecule has 0 heterocycles. The zero-order valence-corrected chi connectivity index (χ0v) is 13.4. The van der Waals surface area contributed by atoms with E-state index in [0.717, 1.165) is 44.9 Å². The fourth-order valence-electron chi connectivity index (χ4n) is 6.26. The van der Waals surface area contributed by atoms with E-state index >= 15 is 0 Å². The van der Waals surface area contributed by atoms with Gasteiger partial charge < -0.3 is 0 Å². The molecule has 4 aliphatic rings. The molecule has 4 aliphatic carbocycles. The molecule has 116 valence electrons. The van der Waals surface area contributed by atoms with Crippen molar-refractivity contribution >= 4 is 11.6 Å². The molecule has 2 heteroatoms. The Hall–Kier alpha value is -1.36. The number of hydrogen-bond acceptors (Lipinski definition) is 2. The summed E-state index contributed by atoms with van der Waals surface area (Å²) in [7, 11) is 0. The van der Waals surface area contributed by atoms with Crippen molar-refractivity contribution in [3.05, 3.63) is 11.6 Å². The molecule has 0 aromatic rings. The van der Waals surface area contributed by atoms with Crippen molar-refractivity contribution in [1.29, 1.82) is 0 Å². The van der Waals surface area contributed by atoms with Crippen molar-refractivity contribution in [2.75, 3.05) is 0 Å². The van der Waals surface area contributed by atoms with Gasteiger partial charge >= 0.3 is 0 Å². The van der Waals surface area contributed by atoms with Gasteiger partial charge in [-0.1, -0.05) is 12.8 Å². The van der Waals surface area contributed by atoms with Gasteiger partial charge in [-0.3, -0.25) is 9.59 Å². The number of carbonyl (C=O) groups is 2. The Labute approximate surface area is 132 Å². The predicted molar refractivity (Wildman–Crippen MR) is 84.9 cm³/mol. The molecule has 5 atom stereocenters. The van der Waals surface area contributed by atoms with Gasteiger partial charge in [0, 0.05) is 18.3 Å². The van der Waals surface area contributed by atoms with Crippen molar-refractivity contribution in [3.8, 4) is 12.3 Å². The Morgan fingerprint density at radius 2 is 1.91 bits per heavy atom. The maximum absolute atomic E-state index is 12.4. The molecule has 3 fully saturated rings. The normalized spacial score (nSPS) is 47.1. The minimum absolute atomic E-state index is 0.0946. The van der Waals surface area contributed by atoms with Crippen LogP contribution in [0.5, 0.6) is 0 Å². The molecular weight excluding hydrogens is 272 g/mol. The Bertz CT molecular complexity index is 622. The number of fused-ring (bicyclic) bond motifs is 5. The average molecular weight is 296 g/mol. The number of ketones is 2. The van der Waals surface area contributed by atoms with Gasteiger partial charge in [0.15, 0.2) is 5.78 Å². The molecule has 0 spiro atoms. The first kappa shape index (κ1) is 14.2. The van der Waals surface area contributed by atoms with E-state index in [1.165, 1.54) is 5.57 Å². The van der Waals surface area contributed by atoms with Gasteiger partial charge in [0.05, 0.1) is 5.41 Å². The number of terminal acetylenes is 1. The lowest BCUT2D eigenvalue weighted by Crippen LogP contribution is -2.51. The van der Waals surface area contributed by atoms with Crippen molar-refractivity contribution in [3.63, 3.8) is 0 Å². The van der Waals surface area contributed by atoms with Gasteiger partial charge in [-0.2, -0.15) is 0 Å². The minimum Gasteiger partial charge on any atom is -0.299 e. The quantitative estimate of drug-likeness (QED) is 0.639. The first-order chi connectivity index (χ1) is 10.5. The van der Waals surface area contributed by atoms with Crippen LogP contribution in [-0.2, 0) is 9.59 Å². The Morgan fingerprint density at radius 1 is 1.09 bits per heavy atom. The number of carbonyl (C=O) groups excluding carboxylic acids is 2. The van der Waals surface area contributed by atoms with Gasteiger partial charge in [0.1, 0.15) is 5.78 Å². The summed E-state index contributed by atoms with van der Waals surface area (Å²) in [6.07, 6.45) is 15.2. The summed E-state index contributed by atoms with van der Waals surface area (Å²) in [6.45, 7) is 2.20. The SMILES string of the molecule is C#CC12CCC(=O)C=C1CCC1C3CCC(=O)C3(C)CCC12. The molecule has 0 N–H and O–H groups in total. The maximum Gasteiger partial charge on any atom is 0.155 e. The van der Waals surface area contributed by atoms with Crippen molar-refractivity contribution in [2.45, 2.75) is 58.3 Å². The second kappa shape index (κ2) is 4.57. The third-order valence-corrected chi connectivity index (χ3v) is 7.46. The summed E-state index contributed by atoms with van der Waals surface area (Å²) in [5.74, 6) is 5.43. The molecule has 22 heavy (non-hydrogen) atoms. The molecule has 3 saturated carbocycles. The summed E-state index contributed by atoms with van der Waals surface area (Å²) in [6, 6.07) is 0. The van der Waals surface area contributed by atoms with Crippen LogP contribution in [-0.4, -0.2) is 11.6 Å². The van der Waals surface area contributed by atoms with Gasteiger partial charge in [-0.15, -0.1) is 6.42 Å².